The van der Waals surface area contributed by atoms with E-state index in [1.165, 1.54) is 6.42 Å². The third-order valence-corrected chi connectivity index (χ3v) is 4.24. The lowest BCUT2D eigenvalue weighted by molar-refractivity contribution is -0.141. The van der Waals surface area contributed by atoms with Crippen LogP contribution in [0, 0.1) is 5.92 Å². The molecule has 1 saturated heterocycles. The van der Waals surface area contributed by atoms with Gasteiger partial charge < -0.3 is 10.6 Å². The molecule has 0 bridgehead atoms. The van der Waals surface area contributed by atoms with Gasteiger partial charge in [-0.15, -0.1) is 0 Å². The van der Waals surface area contributed by atoms with Crippen molar-refractivity contribution in [2.24, 2.45) is 11.7 Å². The van der Waals surface area contributed by atoms with E-state index in [4.69, 9.17) is 5.73 Å². The summed E-state index contributed by atoms with van der Waals surface area (Å²) in [5, 5.41) is 0. The van der Waals surface area contributed by atoms with Crippen molar-refractivity contribution in [3.05, 3.63) is 0 Å². The monoisotopic (exact) mass is 253 g/mol. The van der Waals surface area contributed by atoms with E-state index in [9.17, 15) is 9.59 Å². The van der Waals surface area contributed by atoms with Gasteiger partial charge in [0, 0.05) is 25.6 Å². The zero-order chi connectivity index (χ0) is 13.1. The van der Waals surface area contributed by atoms with Crippen LogP contribution in [0.15, 0.2) is 0 Å². The summed E-state index contributed by atoms with van der Waals surface area (Å²) >= 11 is 0. The highest BCUT2D eigenvalue weighted by atomic mass is 16.2. The molecule has 0 aromatic rings. The van der Waals surface area contributed by atoms with Crippen LogP contribution in [-0.2, 0) is 9.59 Å². The van der Waals surface area contributed by atoms with E-state index < -0.39 is 0 Å². The van der Waals surface area contributed by atoms with Crippen molar-refractivity contribution in [2.45, 2.75) is 38.1 Å². The predicted molar refractivity (Wildman–Crippen MR) is 68.8 cm³/mol. The fourth-order valence-electron chi connectivity index (χ4n) is 2.99. The average molecular weight is 253 g/mol. The molecule has 2 aliphatic rings. The minimum absolute atomic E-state index is 0.177. The number of hydrogen-bond acceptors (Lipinski definition) is 3. The number of likely N-dealkylation sites (N-methyl/N-ethyl adjacent to an activating group) is 1. The molecule has 1 aliphatic carbocycles. The van der Waals surface area contributed by atoms with Crippen molar-refractivity contribution >= 4 is 11.8 Å². The fourth-order valence-corrected chi connectivity index (χ4v) is 2.99. The first-order valence-electron chi connectivity index (χ1n) is 6.88. The molecule has 1 saturated carbocycles. The summed E-state index contributed by atoms with van der Waals surface area (Å²) in [5.41, 5.74) is 5.38. The normalized spacial score (nSPS) is 27.2. The third-order valence-electron chi connectivity index (χ3n) is 4.24. The van der Waals surface area contributed by atoms with E-state index in [0.717, 1.165) is 38.8 Å². The first-order valence-corrected chi connectivity index (χ1v) is 6.88. The van der Waals surface area contributed by atoms with Gasteiger partial charge >= 0.3 is 0 Å². The fraction of sp³-hybridized carbons (Fsp3) is 0.846. The van der Waals surface area contributed by atoms with E-state index in [1.807, 2.05) is 16.8 Å². The first kappa shape index (κ1) is 13.3. The van der Waals surface area contributed by atoms with Gasteiger partial charge in [0.05, 0.1) is 0 Å². The van der Waals surface area contributed by atoms with Gasteiger partial charge in [0.15, 0.2) is 0 Å². The molecule has 0 spiro atoms. The molecule has 1 aliphatic heterocycles. The van der Waals surface area contributed by atoms with Gasteiger partial charge in [0.2, 0.25) is 11.8 Å². The highest BCUT2D eigenvalue weighted by Gasteiger charge is 2.33. The lowest BCUT2D eigenvalue weighted by atomic mass is 9.88. The smallest absolute Gasteiger partial charge is 0.236 e. The van der Waals surface area contributed by atoms with Crippen molar-refractivity contribution in [2.75, 3.05) is 26.7 Å². The van der Waals surface area contributed by atoms with E-state index in [1.54, 1.807) is 0 Å². The largest absolute Gasteiger partial charge is 0.368 e. The molecule has 1 atom stereocenters. The van der Waals surface area contributed by atoms with Gasteiger partial charge in [-0.05, 0) is 19.9 Å². The molecule has 2 amide bonds. The highest BCUT2D eigenvalue weighted by molar-refractivity contribution is 5.83. The minimum Gasteiger partial charge on any atom is -0.368 e. The lowest BCUT2D eigenvalue weighted by Crippen LogP contribution is -2.58. The number of hydrogen-bond donors (Lipinski definition) is 1. The summed E-state index contributed by atoms with van der Waals surface area (Å²) < 4.78 is 0. The Balaban J connectivity index is 1.96. The van der Waals surface area contributed by atoms with Crippen LogP contribution >= 0.6 is 0 Å². The van der Waals surface area contributed by atoms with Crippen LogP contribution < -0.4 is 5.73 Å². The molecule has 2 fully saturated rings. The van der Waals surface area contributed by atoms with E-state index in [0.29, 0.717) is 6.54 Å². The SMILES string of the molecule is CN1CCN(C(=O)C2CCCCC2)C[C@@H]1C(N)=O. The lowest BCUT2D eigenvalue weighted by Gasteiger charge is -2.39. The molecule has 5 nitrogen and oxygen atoms in total. The number of amides is 2. The highest BCUT2D eigenvalue weighted by Crippen LogP contribution is 2.26. The van der Waals surface area contributed by atoms with Gasteiger partial charge in [-0.1, -0.05) is 19.3 Å². The van der Waals surface area contributed by atoms with Crippen LogP contribution in [0.4, 0.5) is 0 Å². The third kappa shape index (κ3) is 2.83. The molecular weight excluding hydrogens is 230 g/mol. The maximum absolute atomic E-state index is 12.4. The van der Waals surface area contributed by atoms with E-state index in [-0.39, 0.29) is 23.8 Å². The number of nitrogens with two attached hydrogens (primary N) is 1. The number of rotatable bonds is 2. The second kappa shape index (κ2) is 5.69. The van der Waals surface area contributed by atoms with Crippen LogP contribution in [0.5, 0.6) is 0 Å². The minimum atomic E-state index is -0.335. The molecule has 0 aromatic carbocycles. The number of carbonyl (C=O) groups is 2. The summed E-state index contributed by atoms with van der Waals surface area (Å²) in [4.78, 5) is 27.5. The summed E-state index contributed by atoms with van der Waals surface area (Å²) in [6, 6.07) is -0.328. The zero-order valence-electron chi connectivity index (χ0n) is 11.1. The molecule has 1 heterocycles. The molecule has 102 valence electrons. The second-order valence-corrected chi connectivity index (χ2v) is 5.52. The summed E-state index contributed by atoms with van der Waals surface area (Å²) in [5.74, 6) is 0.0726. The van der Waals surface area contributed by atoms with Crippen LogP contribution in [0.25, 0.3) is 0 Å². The van der Waals surface area contributed by atoms with Gasteiger partial charge in [0.25, 0.3) is 0 Å². The molecule has 0 aromatic heterocycles. The van der Waals surface area contributed by atoms with Crippen LogP contribution in [-0.4, -0.2) is 54.3 Å². The van der Waals surface area contributed by atoms with Gasteiger partial charge in [-0.25, -0.2) is 0 Å². The quantitative estimate of drug-likeness (QED) is 0.764. The molecule has 0 unspecified atom stereocenters. The van der Waals surface area contributed by atoms with Crippen LogP contribution in [0.1, 0.15) is 32.1 Å². The van der Waals surface area contributed by atoms with Crippen molar-refractivity contribution in [3.8, 4) is 0 Å². The molecule has 2 N–H and O–H groups in total. The van der Waals surface area contributed by atoms with Gasteiger partial charge in [-0.3, -0.25) is 14.5 Å². The summed E-state index contributed by atoms with van der Waals surface area (Å²) in [7, 11) is 1.89. The maximum atomic E-state index is 12.4. The number of piperazine rings is 1. The summed E-state index contributed by atoms with van der Waals surface area (Å²) in [6.07, 6.45) is 5.57. The second-order valence-electron chi connectivity index (χ2n) is 5.52. The van der Waals surface area contributed by atoms with Gasteiger partial charge in [0.1, 0.15) is 6.04 Å². The van der Waals surface area contributed by atoms with Crippen molar-refractivity contribution in [1.82, 2.24) is 9.80 Å². The number of carbonyl (C=O) groups excluding carboxylic acids is 2. The Morgan fingerprint density at radius 2 is 1.78 bits per heavy atom. The van der Waals surface area contributed by atoms with Crippen molar-refractivity contribution in [3.63, 3.8) is 0 Å². The standard InChI is InChI=1S/C13H23N3O2/c1-15-7-8-16(9-11(15)12(14)17)13(18)10-5-3-2-4-6-10/h10-11H,2-9H2,1H3,(H2,14,17)/t11-/m1/s1. The number of primary amides is 1. The van der Waals surface area contributed by atoms with Crippen molar-refractivity contribution < 1.29 is 9.59 Å². The first-order chi connectivity index (χ1) is 8.59. The Morgan fingerprint density at radius 1 is 1.11 bits per heavy atom. The van der Waals surface area contributed by atoms with Crippen LogP contribution in [0.3, 0.4) is 0 Å². The zero-order valence-corrected chi connectivity index (χ0v) is 11.1. The molecule has 0 radical (unpaired) electrons. The Hall–Kier alpha value is -1.10. The van der Waals surface area contributed by atoms with Gasteiger partial charge in [-0.2, -0.15) is 0 Å². The Morgan fingerprint density at radius 3 is 2.39 bits per heavy atom. The van der Waals surface area contributed by atoms with E-state index in [2.05, 4.69) is 0 Å². The average Bonchev–Trinajstić information content (AvgIpc) is 2.39. The van der Waals surface area contributed by atoms with Crippen LogP contribution in [0.2, 0.25) is 0 Å². The molecule has 2 rings (SSSR count). The molecule has 18 heavy (non-hydrogen) atoms. The van der Waals surface area contributed by atoms with E-state index >= 15 is 0 Å². The Bertz CT molecular complexity index is 326. The maximum Gasteiger partial charge on any atom is 0.236 e. The Kier molecular flexibility index (Phi) is 4.22. The topological polar surface area (TPSA) is 66.6 Å². The number of nitrogens with zero attached hydrogens (tertiary/aromatic N) is 2. The predicted octanol–water partition coefficient (Wildman–Crippen LogP) is 0.195. The Labute approximate surface area is 108 Å². The van der Waals surface area contributed by atoms with Crippen molar-refractivity contribution in [1.29, 1.82) is 0 Å². The molecule has 5 heteroatoms. The molecular formula is C13H23N3O2. The summed E-state index contributed by atoms with van der Waals surface area (Å²) in [6.45, 7) is 1.91.